The summed E-state index contributed by atoms with van der Waals surface area (Å²) in [4.78, 5) is 26.4. The van der Waals surface area contributed by atoms with Gasteiger partial charge in [-0.2, -0.15) is 0 Å². The molecule has 0 aliphatic carbocycles. The molecule has 0 spiro atoms. The lowest BCUT2D eigenvalue weighted by molar-refractivity contribution is -0.122. The number of nitrogens with zero attached hydrogens (tertiary/aromatic N) is 2. The van der Waals surface area contributed by atoms with E-state index in [9.17, 15) is 9.59 Å². The molecular weight excluding hydrogens is 439 g/mol. The van der Waals surface area contributed by atoms with Gasteiger partial charge in [0, 0.05) is 30.2 Å². The van der Waals surface area contributed by atoms with Gasteiger partial charge in [0.1, 0.15) is 0 Å². The number of carbonyl (C=O) groups excluding carboxylic acids is 2. The van der Waals surface area contributed by atoms with Gasteiger partial charge in [0.25, 0.3) is 11.1 Å². The van der Waals surface area contributed by atoms with E-state index in [1.54, 1.807) is 13.0 Å². The number of thioether (sulfide) groups is 1. The highest BCUT2D eigenvalue weighted by Crippen LogP contribution is 2.35. The maximum atomic E-state index is 12.6. The lowest BCUT2D eigenvalue weighted by Gasteiger charge is -2.09. The third-order valence-electron chi connectivity index (χ3n) is 5.21. The third kappa shape index (κ3) is 3.78. The Balaban J connectivity index is 1.82. The minimum absolute atomic E-state index is 0.220. The van der Waals surface area contributed by atoms with Crippen molar-refractivity contribution in [1.82, 2.24) is 9.47 Å². The average Bonchev–Trinajstić information content (AvgIpc) is 3.21. The van der Waals surface area contributed by atoms with E-state index in [1.165, 1.54) is 10.5 Å². The summed E-state index contributed by atoms with van der Waals surface area (Å²) in [6, 6.07) is 11.8. The molecule has 1 saturated heterocycles. The molecule has 4 rings (SSSR count). The van der Waals surface area contributed by atoms with E-state index in [0.29, 0.717) is 28.0 Å². The van der Waals surface area contributed by atoms with Gasteiger partial charge >= 0.3 is 0 Å². The van der Waals surface area contributed by atoms with E-state index >= 15 is 0 Å². The molecule has 4 nitrogen and oxygen atoms in total. The van der Waals surface area contributed by atoms with Gasteiger partial charge in [-0.15, -0.1) is 0 Å². The molecule has 2 amide bonds. The normalized spacial score (nSPS) is 15.7. The van der Waals surface area contributed by atoms with Crippen LogP contribution in [0, 0.1) is 0 Å². The third-order valence-corrected chi connectivity index (χ3v) is 6.85. The van der Waals surface area contributed by atoms with Gasteiger partial charge in [0.2, 0.25) is 0 Å². The van der Waals surface area contributed by atoms with Crippen molar-refractivity contribution in [2.45, 2.75) is 26.8 Å². The molecule has 2 aromatic carbocycles. The molecular formula is C23H20Cl2N2O2S. The summed E-state index contributed by atoms with van der Waals surface area (Å²) in [6.45, 7) is 4.92. The van der Waals surface area contributed by atoms with Gasteiger partial charge in [-0.1, -0.05) is 54.4 Å². The van der Waals surface area contributed by atoms with Crippen molar-refractivity contribution < 1.29 is 9.59 Å². The van der Waals surface area contributed by atoms with Gasteiger partial charge in [0.15, 0.2) is 0 Å². The number of likely N-dealkylation sites (N-methyl/N-ethyl adjacent to an activating group) is 1. The Morgan fingerprint density at radius 2 is 1.87 bits per heavy atom. The number of aryl methyl sites for hydroxylation is 1. The lowest BCUT2D eigenvalue weighted by Crippen LogP contribution is -2.27. The first-order chi connectivity index (χ1) is 14.4. The summed E-state index contributed by atoms with van der Waals surface area (Å²) in [6.07, 6.45) is 4.74. The predicted molar refractivity (Wildman–Crippen MR) is 125 cm³/mol. The summed E-state index contributed by atoms with van der Waals surface area (Å²) in [5, 5.41) is 1.88. The molecule has 30 heavy (non-hydrogen) atoms. The fraction of sp³-hybridized carbons (Fsp3) is 0.217. The average molecular weight is 459 g/mol. The van der Waals surface area contributed by atoms with Crippen molar-refractivity contribution in [3.63, 3.8) is 0 Å². The Bertz CT molecular complexity index is 1200. The second-order valence-electron chi connectivity index (χ2n) is 7.05. The molecule has 0 atom stereocenters. The predicted octanol–water partition coefficient (Wildman–Crippen LogP) is 6.62. The van der Waals surface area contributed by atoms with Crippen LogP contribution in [0.4, 0.5) is 4.79 Å². The Morgan fingerprint density at radius 1 is 1.07 bits per heavy atom. The first kappa shape index (κ1) is 21.0. The van der Waals surface area contributed by atoms with Crippen molar-refractivity contribution in [3.05, 3.63) is 74.2 Å². The maximum Gasteiger partial charge on any atom is 0.293 e. The van der Waals surface area contributed by atoms with Crippen LogP contribution in [-0.2, 0) is 17.8 Å². The summed E-state index contributed by atoms with van der Waals surface area (Å²) in [5.74, 6) is -0.232. The Hall–Kier alpha value is -2.21. The quantitative estimate of drug-likeness (QED) is 0.403. The second-order valence-corrected chi connectivity index (χ2v) is 8.86. The number of fused-ring (bicyclic) bond motifs is 1. The number of hydrogen-bond donors (Lipinski definition) is 0. The highest BCUT2D eigenvalue weighted by molar-refractivity contribution is 8.18. The minimum Gasteiger partial charge on any atom is -0.342 e. The first-order valence-electron chi connectivity index (χ1n) is 9.73. The molecule has 0 radical (unpaired) electrons. The summed E-state index contributed by atoms with van der Waals surface area (Å²) in [5.41, 5.74) is 4.29. The van der Waals surface area contributed by atoms with E-state index in [0.717, 1.165) is 40.2 Å². The Morgan fingerprint density at radius 3 is 2.53 bits per heavy atom. The highest BCUT2D eigenvalue weighted by atomic mass is 35.5. The van der Waals surface area contributed by atoms with Crippen LogP contribution in [-0.4, -0.2) is 27.2 Å². The lowest BCUT2D eigenvalue weighted by atomic mass is 10.1. The molecule has 7 heteroatoms. The first-order valence-corrected chi connectivity index (χ1v) is 11.3. The smallest absolute Gasteiger partial charge is 0.293 e. The number of aromatic nitrogens is 1. The number of halogens is 2. The standard InChI is InChI=1S/C23H20Cl2N2O2S/c1-3-15-6-5-7-17-16(11-20-22(28)27(4-2)23(29)30-20)13-26(21(15)17)12-14-8-9-18(24)19(25)10-14/h5-11,13H,3-4,12H2,1-2H3/b20-11-. The molecule has 0 unspecified atom stereocenters. The monoisotopic (exact) mass is 458 g/mol. The molecule has 2 heterocycles. The topological polar surface area (TPSA) is 42.3 Å². The highest BCUT2D eigenvalue weighted by Gasteiger charge is 2.33. The fourth-order valence-electron chi connectivity index (χ4n) is 3.74. The van der Waals surface area contributed by atoms with E-state index < -0.39 is 0 Å². The molecule has 1 fully saturated rings. The maximum absolute atomic E-state index is 12.6. The van der Waals surface area contributed by atoms with Crippen molar-refractivity contribution >= 4 is 63.1 Å². The molecule has 0 N–H and O–H groups in total. The number of amides is 2. The molecule has 3 aromatic rings. The number of rotatable bonds is 5. The zero-order valence-corrected chi connectivity index (χ0v) is 18.9. The zero-order valence-electron chi connectivity index (χ0n) is 16.6. The van der Waals surface area contributed by atoms with Crippen LogP contribution in [0.5, 0.6) is 0 Å². The van der Waals surface area contributed by atoms with Crippen LogP contribution in [0.25, 0.3) is 17.0 Å². The molecule has 0 bridgehead atoms. The zero-order chi connectivity index (χ0) is 21.4. The van der Waals surface area contributed by atoms with E-state index in [4.69, 9.17) is 23.2 Å². The van der Waals surface area contributed by atoms with E-state index in [1.807, 2.05) is 30.5 Å². The van der Waals surface area contributed by atoms with Gasteiger partial charge in [-0.3, -0.25) is 14.5 Å². The summed E-state index contributed by atoms with van der Waals surface area (Å²) < 4.78 is 2.17. The number of para-hydroxylation sites is 1. The largest absolute Gasteiger partial charge is 0.342 e. The number of hydrogen-bond acceptors (Lipinski definition) is 3. The fourth-order valence-corrected chi connectivity index (χ4v) is 4.95. The van der Waals surface area contributed by atoms with Gasteiger partial charge < -0.3 is 4.57 Å². The second kappa shape index (κ2) is 8.50. The van der Waals surface area contributed by atoms with Crippen LogP contribution in [0.3, 0.4) is 0 Å². The number of imide groups is 1. The van der Waals surface area contributed by atoms with Crippen LogP contribution in [0.1, 0.15) is 30.5 Å². The van der Waals surface area contributed by atoms with Crippen LogP contribution in [0.2, 0.25) is 10.0 Å². The van der Waals surface area contributed by atoms with Crippen molar-refractivity contribution in [2.75, 3.05) is 6.54 Å². The van der Waals surface area contributed by atoms with Gasteiger partial charge in [0.05, 0.1) is 20.5 Å². The van der Waals surface area contributed by atoms with Gasteiger partial charge in [-0.25, -0.2) is 0 Å². The van der Waals surface area contributed by atoms with Crippen LogP contribution >= 0.6 is 35.0 Å². The molecule has 0 saturated carbocycles. The minimum atomic E-state index is -0.232. The van der Waals surface area contributed by atoms with E-state index in [2.05, 4.69) is 23.6 Å². The molecule has 1 aliphatic heterocycles. The van der Waals surface area contributed by atoms with Crippen LogP contribution in [0.15, 0.2) is 47.5 Å². The summed E-state index contributed by atoms with van der Waals surface area (Å²) in [7, 11) is 0. The van der Waals surface area contributed by atoms with Crippen molar-refractivity contribution in [1.29, 1.82) is 0 Å². The molecule has 154 valence electrons. The van der Waals surface area contributed by atoms with Crippen molar-refractivity contribution in [2.24, 2.45) is 0 Å². The SMILES string of the molecule is CCc1cccc2c(/C=C3\SC(=O)N(CC)C3=O)cn(Cc3ccc(Cl)c(Cl)c3)c12. The van der Waals surface area contributed by atoms with Crippen LogP contribution < -0.4 is 0 Å². The van der Waals surface area contributed by atoms with E-state index in [-0.39, 0.29) is 11.1 Å². The number of benzene rings is 2. The van der Waals surface area contributed by atoms with Crippen molar-refractivity contribution in [3.8, 4) is 0 Å². The van der Waals surface area contributed by atoms with Gasteiger partial charge in [-0.05, 0) is 54.4 Å². The molecule has 1 aliphatic rings. The Kier molecular flexibility index (Phi) is 5.96. The Labute approximate surface area is 189 Å². The summed E-state index contributed by atoms with van der Waals surface area (Å²) >= 11 is 13.3. The molecule has 1 aromatic heterocycles. The number of carbonyl (C=O) groups is 2.